The van der Waals surface area contributed by atoms with Crippen molar-refractivity contribution in [2.45, 2.75) is 31.7 Å². The highest BCUT2D eigenvalue weighted by atomic mass is 16.5. The molecule has 1 fully saturated rings. The highest BCUT2D eigenvalue weighted by molar-refractivity contribution is 5.76. The van der Waals surface area contributed by atoms with Gasteiger partial charge in [-0.2, -0.15) is 0 Å². The number of para-hydroxylation sites is 1. The molecule has 0 bridgehead atoms. The molecule has 1 aromatic carbocycles. The summed E-state index contributed by atoms with van der Waals surface area (Å²) in [5, 5.41) is 3.05. The van der Waals surface area contributed by atoms with E-state index in [1.54, 1.807) is 12.0 Å². The maximum absolute atomic E-state index is 12.1. The molecule has 0 saturated carbocycles. The minimum absolute atomic E-state index is 0.0347. The van der Waals surface area contributed by atoms with Gasteiger partial charge < -0.3 is 19.7 Å². The van der Waals surface area contributed by atoms with E-state index in [0.717, 1.165) is 24.2 Å². The lowest BCUT2D eigenvalue weighted by atomic mass is 10.0. The second-order valence-corrected chi connectivity index (χ2v) is 5.61. The molecule has 0 unspecified atom stereocenters. The first-order valence-corrected chi connectivity index (χ1v) is 7.88. The highest BCUT2D eigenvalue weighted by Crippen LogP contribution is 2.19. The Labute approximate surface area is 136 Å². The molecular weight excluding hydrogens is 296 g/mol. The summed E-state index contributed by atoms with van der Waals surface area (Å²) in [6, 6.07) is 7.85. The Hall–Kier alpha value is -2.24. The van der Waals surface area contributed by atoms with Crippen molar-refractivity contribution in [1.82, 2.24) is 10.2 Å². The first kappa shape index (κ1) is 17.1. The van der Waals surface area contributed by atoms with E-state index in [9.17, 15) is 9.59 Å². The predicted molar refractivity (Wildman–Crippen MR) is 86.5 cm³/mol. The number of nitrogens with one attached hydrogen (secondary N) is 1. The fraction of sp³-hybridized carbons (Fsp3) is 0.529. The van der Waals surface area contributed by atoms with Crippen LogP contribution < -0.4 is 10.1 Å². The lowest BCUT2D eigenvalue weighted by Gasteiger charge is -2.31. The van der Waals surface area contributed by atoms with Crippen LogP contribution in [0.3, 0.4) is 0 Å². The Morgan fingerprint density at radius 1 is 1.22 bits per heavy atom. The number of aryl methyl sites for hydroxylation is 1. The Morgan fingerprint density at radius 3 is 2.57 bits per heavy atom. The van der Waals surface area contributed by atoms with E-state index in [1.807, 2.05) is 24.3 Å². The molecule has 0 atom stereocenters. The second-order valence-electron chi connectivity index (χ2n) is 5.61. The first-order chi connectivity index (χ1) is 11.1. The molecule has 126 valence electrons. The van der Waals surface area contributed by atoms with Gasteiger partial charge in [0.05, 0.1) is 14.2 Å². The smallest absolute Gasteiger partial charge is 0.409 e. The van der Waals surface area contributed by atoms with Crippen LogP contribution >= 0.6 is 0 Å². The summed E-state index contributed by atoms with van der Waals surface area (Å²) in [5.41, 5.74) is 1.03. The molecule has 0 aromatic heterocycles. The van der Waals surface area contributed by atoms with E-state index >= 15 is 0 Å². The highest BCUT2D eigenvalue weighted by Gasteiger charge is 2.24. The third kappa shape index (κ3) is 4.87. The number of rotatable bonds is 5. The van der Waals surface area contributed by atoms with Crippen molar-refractivity contribution in [3.63, 3.8) is 0 Å². The zero-order chi connectivity index (χ0) is 16.7. The van der Waals surface area contributed by atoms with Gasteiger partial charge in [0.2, 0.25) is 5.91 Å². The third-order valence-corrected chi connectivity index (χ3v) is 4.11. The number of amides is 2. The van der Waals surface area contributed by atoms with Crippen LogP contribution in [0.25, 0.3) is 0 Å². The van der Waals surface area contributed by atoms with Gasteiger partial charge in [0, 0.05) is 25.6 Å². The number of carbonyl (C=O) groups excluding carboxylic acids is 2. The van der Waals surface area contributed by atoms with Gasteiger partial charge in [-0.1, -0.05) is 18.2 Å². The number of benzene rings is 1. The van der Waals surface area contributed by atoms with Crippen molar-refractivity contribution in [3.05, 3.63) is 29.8 Å². The van der Waals surface area contributed by atoms with E-state index < -0.39 is 0 Å². The Kier molecular flexibility index (Phi) is 6.26. The molecule has 1 aliphatic rings. The number of carbonyl (C=O) groups is 2. The fourth-order valence-electron chi connectivity index (χ4n) is 2.79. The normalized spacial score (nSPS) is 15.1. The second kappa shape index (κ2) is 8.41. The lowest BCUT2D eigenvalue weighted by molar-refractivity contribution is -0.122. The molecule has 1 heterocycles. The van der Waals surface area contributed by atoms with Crippen LogP contribution in [0.4, 0.5) is 4.79 Å². The van der Waals surface area contributed by atoms with Crippen molar-refractivity contribution in [2.24, 2.45) is 0 Å². The van der Waals surface area contributed by atoms with E-state index in [4.69, 9.17) is 9.47 Å². The van der Waals surface area contributed by atoms with E-state index in [1.165, 1.54) is 7.11 Å². The van der Waals surface area contributed by atoms with Crippen molar-refractivity contribution >= 4 is 12.0 Å². The van der Waals surface area contributed by atoms with Gasteiger partial charge in [-0.05, 0) is 30.9 Å². The van der Waals surface area contributed by atoms with Crippen molar-refractivity contribution < 1.29 is 19.1 Å². The molecule has 6 nitrogen and oxygen atoms in total. The van der Waals surface area contributed by atoms with Gasteiger partial charge in [0.15, 0.2) is 0 Å². The molecule has 0 spiro atoms. The summed E-state index contributed by atoms with van der Waals surface area (Å²) in [5.74, 6) is 0.846. The molecule has 1 aromatic rings. The SMILES string of the molecule is COC(=O)N1CCC(NC(=O)CCc2ccccc2OC)CC1. The fourth-order valence-corrected chi connectivity index (χ4v) is 2.79. The summed E-state index contributed by atoms with van der Waals surface area (Å²) < 4.78 is 9.99. The minimum Gasteiger partial charge on any atom is -0.496 e. The maximum Gasteiger partial charge on any atom is 0.409 e. The number of hydrogen-bond acceptors (Lipinski definition) is 4. The number of methoxy groups -OCH3 is 2. The summed E-state index contributed by atoms with van der Waals surface area (Å²) in [6.45, 7) is 1.23. The molecule has 1 aliphatic heterocycles. The van der Waals surface area contributed by atoms with Gasteiger partial charge in [-0.15, -0.1) is 0 Å². The predicted octanol–water partition coefficient (Wildman–Crippen LogP) is 1.97. The summed E-state index contributed by atoms with van der Waals surface area (Å²) >= 11 is 0. The molecule has 0 radical (unpaired) electrons. The van der Waals surface area contributed by atoms with Crippen LogP contribution in [0.2, 0.25) is 0 Å². The number of piperidine rings is 1. The number of hydrogen-bond donors (Lipinski definition) is 1. The molecular formula is C17H24N2O4. The average Bonchev–Trinajstić information content (AvgIpc) is 2.60. The van der Waals surface area contributed by atoms with Gasteiger partial charge >= 0.3 is 6.09 Å². The quantitative estimate of drug-likeness (QED) is 0.901. The van der Waals surface area contributed by atoms with E-state index in [0.29, 0.717) is 25.9 Å². The number of ether oxygens (including phenoxy) is 2. The number of nitrogens with zero attached hydrogens (tertiary/aromatic N) is 1. The van der Waals surface area contributed by atoms with Gasteiger partial charge in [-0.3, -0.25) is 4.79 Å². The monoisotopic (exact) mass is 320 g/mol. The molecule has 2 amide bonds. The van der Waals surface area contributed by atoms with Crippen LogP contribution in [0, 0.1) is 0 Å². The topological polar surface area (TPSA) is 67.9 Å². The summed E-state index contributed by atoms with van der Waals surface area (Å²) in [7, 11) is 3.02. The molecule has 6 heteroatoms. The van der Waals surface area contributed by atoms with Crippen molar-refractivity contribution in [1.29, 1.82) is 0 Å². The van der Waals surface area contributed by atoms with Crippen molar-refractivity contribution in [2.75, 3.05) is 27.3 Å². The molecule has 2 rings (SSSR count). The van der Waals surface area contributed by atoms with Crippen LogP contribution in [0.15, 0.2) is 24.3 Å². The average molecular weight is 320 g/mol. The van der Waals surface area contributed by atoms with Gasteiger partial charge in [0.1, 0.15) is 5.75 Å². The molecule has 23 heavy (non-hydrogen) atoms. The third-order valence-electron chi connectivity index (χ3n) is 4.11. The Bertz CT molecular complexity index is 539. The first-order valence-electron chi connectivity index (χ1n) is 7.88. The summed E-state index contributed by atoms with van der Waals surface area (Å²) in [6.07, 6.45) is 2.30. The zero-order valence-electron chi connectivity index (χ0n) is 13.7. The van der Waals surface area contributed by atoms with Crippen LogP contribution in [-0.4, -0.2) is 50.3 Å². The van der Waals surface area contributed by atoms with Crippen molar-refractivity contribution in [3.8, 4) is 5.75 Å². The van der Waals surface area contributed by atoms with E-state index in [-0.39, 0.29) is 18.0 Å². The minimum atomic E-state index is -0.300. The largest absolute Gasteiger partial charge is 0.496 e. The van der Waals surface area contributed by atoms with Gasteiger partial charge in [0.25, 0.3) is 0 Å². The Morgan fingerprint density at radius 2 is 1.91 bits per heavy atom. The van der Waals surface area contributed by atoms with E-state index in [2.05, 4.69) is 5.32 Å². The van der Waals surface area contributed by atoms with Crippen LogP contribution in [-0.2, 0) is 16.0 Å². The zero-order valence-corrected chi connectivity index (χ0v) is 13.7. The standard InChI is InChI=1S/C17H24N2O4/c1-22-15-6-4-3-5-13(15)7-8-16(20)18-14-9-11-19(12-10-14)17(21)23-2/h3-6,14H,7-12H2,1-2H3,(H,18,20). The molecule has 1 N–H and O–H groups in total. The maximum atomic E-state index is 12.1. The lowest BCUT2D eigenvalue weighted by Crippen LogP contribution is -2.46. The number of likely N-dealkylation sites (tertiary alicyclic amines) is 1. The Balaban J connectivity index is 1.74. The molecule has 1 saturated heterocycles. The summed E-state index contributed by atoms with van der Waals surface area (Å²) in [4.78, 5) is 25.2. The molecule has 0 aliphatic carbocycles. The van der Waals surface area contributed by atoms with Crippen LogP contribution in [0.1, 0.15) is 24.8 Å². The van der Waals surface area contributed by atoms with Gasteiger partial charge in [-0.25, -0.2) is 4.79 Å². The van der Waals surface area contributed by atoms with Crippen LogP contribution in [0.5, 0.6) is 5.75 Å².